The topological polar surface area (TPSA) is 112 Å². The van der Waals surface area contributed by atoms with Gasteiger partial charge in [0, 0.05) is 13.6 Å². The SMILES string of the molecule is COc1c(C(=O)Nc2cnoc2)nc(N(CCOc2ccccc2)Cc2ccccc2)n(C)c1=O. The van der Waals surface area contributed by atoms with Crippen LogP contribution >= 0.6 is 0 Å². The highest BCUT2D eigenvalue weighted by Gasteiger charge is 2.24. The normalized spacial score (nSPS) is 10.6. The molecule has 10 heteroatoms. The van der Waals surface area contributed by atoms with Gasteiger partial charge >= 0.3 is 0 Å². The summed E-state index contributed by atoms with van der Waals surface area (Å²) in [5, 5.41) is 6.18. The van der Waals surface area contributed by atoms with Gasteiger partial charge in [-0.3, -0.25) is 14.2 Å². The van der Waals surface area contributed by atoms with E-state index >= 15 is 0 Å². The number of hydrogen-bond acceptors (Lipinski definition) is 8. The first-order chi connectivity index (χ1) is 17.1. The molecule has 0 radical (unpaired) electrons. The van der Waals surface area contributed by atoms with Crippen molar-refractivity contribution >= 4 is 17.5 Å². The van der Waals surface area contributed by atoms with Gasteiger partial charge in [0.15, 0.2) is 5.69 Å². The molecule has 0 aliphatic heterocycles. The number of para-hydroxylation sites is 1. The lowest BCUT2D eigenvalue weighted by molar-refractivity contribution is 0.101. The summed E-state index contributed by atoms with van der Waals surface area (Å²) < 4.78 is 17.2. The van der Waals surface area contributed by atoms with Crippen LogP contribution in [0.2, 0.25) is 0 Å². The molecule has 4 rings (SSSR count). The zero-order chi connectivity index (χ0) is 24.6. The van der Waals surface area contributed by atoms with Crippen LogP contribution in [0.5, 0.6) is 11.5 Å². The fourth-order valence-corrected chi connectivity index (χ4v) is 3.49. The summed E-state index contributed by atoms with van der Waals surface area (Å²) >= 11 is 0. The number of methoxy groups -OCH3 is 1. The van der Waals surface area contributed by atoms with Gasteiger partial charge in [-0.25, -0.2) is 4.98 Å². The van der Waals surface area contributed by atoms with Crippen LogP contribution in [0.15, 0.2) is 82.4 Å². The molecule has 0 aliphatic carbocycles. The second-order valence-corrected chi connectivity index (χ2v) is 7.59. The van der Waals surface area contributed by atoms with Gasteiger partial charge in [0.1, 0.15) is 24.3 Å². The van der Waals surface area contributed by atoms with Crippen molar-refractivity contribution < 1.29 is 18.8 Å². The number of nitrogens with zero attached hydrogens (tertiary/aromatic N) is 4. The van der Waals surface area contributed by atoms with E-state index in [0.717, 1.165) is 11.3 Å². The van der Waals surface area contributed by atoms with E-state index in [0.29, 0.717) is 31.3 Å². The van der Waals surface area contributed by atoms with Gasteiger partial charge in [-0.05, 0) is 17.7 Å². The number of nitrogens with one attached hydrogen (secondary N) is 1. The third-order valence-corrected chi connectivity index (χ3v) is 5.21. The lowest BCUT2D eigenvalue weighted by atomic mass is 10.2. The van der Waals surface area contributed by atoms with E-state index < -0.39 is 11.5 Å². The van der Waals surface area contributed by atoms with E-state index in [-0.39, 0.29) is 11.4 Å². The third-order valence-electron chi connectivity index (χ3n) is 5.21. The first-order valence-corrected chi connectivity index (χ1v) is 10.9. The highest BCUT2D eigenvalue weighted by molar-refractivity contribution is 6.04. The van der Waals surface area contributed by atoms with Gasteiger partial charge in [-0.1, -0.05) is 53.7 Å². The van der Waals surface area contributed by atoms with Crippen LogP contribution in [0, 0.1) is 0 Å². The van der Waals surface area contributed by atoms with Gasteiger partial charge in [0.25, 0.3) is 11.5 Å². The number of carbonyl (C=O) groups excluding carboxylic acids is 1. The summed E-state index contributed by atoms with van der Waals surface area (Å²) in [6, 6.07) is 19.2. The summed E-state index contributed by atoms with van der Waals surface area (Å²) in [5.41, 5.74) is 0.704. The summed E-state index contributed by atoms with van der Waals surface area (Å²) in [7, 11) is 2.91. The van der Waals surface area contributed by atoms with Crippen molar-refractivity contribution in [1.82, 2.24) is 14.7 Å². The molecule has 1 N–H and O–H groups in total. The average molecular weight is 476 g/mol. The van der Waals surface area contributed by atoms with Crippen molar-refractivity contribution in [2.75, 3.05) is 30.5 Å². The highest BCUT2D eigenvalue weighted by Crippen LogP contribution is 2.20. The number of amides is 1. The van der Waals surface area contributed by atoms with Crippen LogP contribution in [0.1, 0.15) is 16.1 Å². The predicted octanol–water partition coefficient (Wildman–Crippen LogP) is 3.11. The molecule has 2 aromatic heterocycles. The largest absolute Gasteiger partial charge is 0.492 e. The molecule has 0 spiro atoms. The van der Waals surface area contributed by atoms with Gasteiger partial charge in [0.05, 0.1) is 19.9 Å². The number of rotatable bonds is 10. The van der Waals surface area contributed by atoms with Crippen molar-refractivity contribution in [3.63, 3.8) is 0 Å². The van der Waals surface area contributed by atoms with E-state index in [4.69, 9.17) is 14.0 Å². The highest BCUT2D eigenvalue weighted by atomic mass is 16.5. The number of ether oxygens (including phenoxy) is 2. The quantitative estimate of drug-likeness (QED) is 0.372. The molecule has 2 heterocycles. The molecule has 0 saturated carbocycles. The van der Waals surface area contributed by atoms with E-state index in [1.807, 2.05) is 65.6 Å². The number of anilines is 2. The number of benzene rings is 2. The second kappa shape index (κ2) is 11.0. The fourth-order valence-electron chi connectivity index (χ4n) is 3.49. The van der Waals surface area contributed by atoms with Crippen LogP contribution in [-0.4, -0.2) is 40.9 Å². The van der Waals surface area contributed by atoms with Gasteiger partial charge < -0.3 is 24.2 Å². The first-order valence-electron chi connectivity index (χ1n) is 10.9. The summed E-state index contributed by atoms with van der Waals surface area (Å²) in [6.07, 6.45) is 2.62. The maximum Gasteiger partial charge on any atom is 0.297 e. The minimum atomic E-state index is -0.621. The van der Waals surface area contributed by atoms with Crippen LogP contribution in [0.3, 0.4) is 0 Å². The Hall–Kier alpha value is -4.60. The summed E-state index contributed by atoms with van der Waals surface area (Å²) in [6.45, 7) is 1.18. The maximum atomic E-state index is 13.1. The zero-order valence-electron chi connectivity index (χ0n) is 19.4. The Morgan fingerprint density at radius 1 is 1.11 bits per heavy atom. The molecule has 1 amide bonds. The molecule has 2 aromatic carbocycles. The minimum Gasteiger partial charge on any atom is -0.492 e. The zero-order valence-corrected chi connectivity index (χ0v) is 19.4. The molecular weight excluding hydrogens is 450 g/mol. The van der Waals surface area contributed by atoms with E-state index in [2.05, 4.69) is 15.5 Å². The predicted molar refractivity (Wildman–Crippen MR) is 130 cm³/mol. The summed E-state index contributed by atoms with van der Waals surface area (Å²) in [5.74, 6) is 0.249. The molecule has 0 unspecified atom stereocenters. The van der Waals surface area contributed by atoms with E-state index in [1.165, 1.54) is 24.1 Å². The fraction of sp³-hybridized carbons (Fsp3) is 0.200. The van der Waals surface area contributed by atoms with Gasteiger partial charge in [-0.2, -0.15) is 0 Å². The third kappa shape index (κ3) is 5.67. The van der Waals surface area contributed by atoms with E-state index in [1.54, 1.807) is 7.05 Å². The van der Waals surface area contributed by atoms with Gasteiger partial charge in [-0.15, -0.1) is 0 Å². The standard InChI is InChI=1S/C25H25N5O5/c1-29-24(32)22(33-2)21(23(31)27-19-15-26-35-17-19)28-25(29)30(16-18-9-5-3-6-10-18)13-14-34-20-11-7-4-8-12-20/h3-12,15,17H,13-14,16H2,1-2H3,(H,27,31). The van der Waals surface area contributed by atoms with Crippen molar-refractivity contribution in [2.24, 2.45) is 7.05 Å². The molecule has 4 aromatic rings. The van der Waals surface area contributed by atoms with Gasteiger partial charge in [0.2, 0.25) is 11.7 Å². The van der Waals surface area contributed by atoms with Crippen LogP contribution in [0.25, 0.3) is 0 Å². The Morgan fingerprint density at radius 3 is 2.49 bits per heavy atom. The molecular formula is C25H25N5O5. The molecule has 180 valence electrons. The Morgan fingerprint density at radius 2 is 1.83 bits per heavy atom. The molecule has 0 fully saturated rings. The van der Waals surface area contributed by atoms with Crippen molar-refractivity contribution in [3.05, 3.63) is 94.7 Å². The monoisotopic (exact) mass is 475 g/mol. The Bertz CT molecular complexity index is 1310. The molecule has 0 atom stereocenters. The Balaban J connectivity index is 1.67. The van der Waals surface area contributed by atoms with Crippen molar-refractivity contribution in [3.8, 4) is 11.5 Å². The molecule has 10 nitrogen and oxygen atoms in total. The molecule has 0 aliphatic rings. The lowest BCUT2D eigenvalue weighted by Crippen LogP contribution is -2.36. The number of hydrogen-bond donors (Lipinski definition) is 1. The number of aromatic nitrogens is 3. The van der Waals surface area contributed by atoms with Crippen LogP contribution in [0.4, 0.5) is 11.6 Å². The van der Waals surface area contributed by atoms with Crippen molar-refractivity contribution in [2.45, 2.75) is 6.54 Å². The molecule has 0 saturated heterocycles. The van der Waals surface area contributed by atoms with Crippen LogP contribution in [-0.2, 0) is 13.6 Å². The smallest absolute Gasteiger partial charge is 0.297 e. The Kier molecular flexibility index (Phi) is 7.41. The second-order valence-electron chi connectivity index (χ2n) is 7.59. The maximum absolute atomic E-state index is 13.1. The van der Waals surface area contributed by atoms with E-state index in [9.17, 15) is 9.59 Å². The first kappa shape index (κ1) is 23.6. The van der Waals surface area contributed by atoms with Crippen molar-refractivity contribution in [1.29, 1.82) is 0 Å². The minimum absolute atomic E-state index is 0.145. The summed E-state index contributed by atoms with van der Waals surface area (Å²) in [4.78, 5) is 32.5. The Labute approximate surface area is 201 Å². The number of carbonyl (C=O) groups is 1. The molecule has 0 bridgehead atoms. The molecule has 35 heavy (non-hydrogen) atoms. The lowest BCUT2D eigenvalue weighted by Gasteiger charge is -2.26. The van der Waals surface area contributed by atoms with Crippen LogP contribution < -0.4 is 25.2 Å². The average Bonchev–Trinajstić information content (AvgIpc) is 3.39.